The van der Waals surface area contributed by atoms with Crippen molar-refractivity contribution in [3.63, 3.8) is 0 Å². The minimum atomic E-state index is -0.409. The third-order valence-corrected chi connectivity index (χ3v) is 5.36. The summed E-state index contributed by atoms with van der Waals surface area (Å²) >= 11 is 1.29. The average molecular weight is 383 g/mol. The Morgan fingerprint density at radius 2 is 1.85 bits per heavy atom. The van der Waals surface area contributed by atoms with Gasteiger partial charge >= 0.3 is 0 Å². The molecule has 0 aliphatic carbocycles. The monoisotopic (exact) mass is 383 g/mol. The van der Waals surface area contributed by atoms with Crippen molar-refractivity contribution < 1.29 is 14.4 Å². The van der Waals surface area contributed by atoms with Gasteiger partial charge in [-0.2, -0.15) is 0 Å². The van der Waals surface area contributed by atoms with Crippen LogP contribution >= 0.6 is 11.8 Å². The van der Waals surface area contributed by atoms with Crippen molar-refractivity contribution in [3.05, 3.63) is 59.7 Å². The summed E-state index contributed by atoms with van der Waals surface area (Å²) in [6, 6.07) is 14.5. The minimum Gasteiger partial charge on any atom is -0.369 e. The number of para-hydroxylation sites is 1. The number of anilines is 1. The van der Waals surface area contributed by atoms with Gasteiger partial charge in [0.2, 0.25) is 11.8 Å². The van der Waals surface area contributed by atoms with Crippen molar-refractivity contribution in [2.24, 2.45) is 5.73 Å². The van der Waals surface area contributed by atoms with Crippen LogP contribution in [0.1, 0.15) is 28.8 Å². The van der Waals surface area contributed by atoms with E-state index in [1.54, 1.807) is 18.2 Å². The normalized spacial score (nSPS) is 13.6. The van der Waals surface area contributed by atoms with Gasteiger partial charge in [-0.25, -0.2) is 0 Å². The first kappa shape index (κ1) is 19.0. The lowest BCUT2D eigenvalue weighted by atomic mass is 10.1. The summed E-state index contributed by atoms with van der Waals surface area (Å²) in [6.07, 6.45) is 1.53. The van der Waals surface area contributed by atoms with Crippen molar-refractivity contribution in [2.75, 3.05) is 17.6 Å². The second-order valence-corrected chi connectivity index (χ2v) is 7.34. The van der Waals surface area contributed by atoms with Gasteiger partial charge in [0.15, 0.2) is 0 Å². The van der Waals surface area contributed by atoms with E-state index in [4.69, 9.17) is 5.73 Å². The van der Waals surface area contributed by atoms with E-state index < -0.39 is 5.91 Å². The fourth-order valence-corrected chi connectivity index (χ4v) is 3.64. The molecule has 0 unspecified atom stereocenters. The van der Waals surface area contributed by atoms with E-state index >= 15 is 0 Å². The first-order valence-electron chi connectivity index (χ1n) is 8.71. The maximum Gasteiger partial charge on any atom is 0.255 e. The lowest BCUT2D eigenvalue weighted by Gasteiger charge is -2.15. The standard InChI is InChI=1S/C20H21N3O3S/c21-18(24)13-27-17-5-2-1-4-16(17)22-20(26)15-9-7-14(8-10-15)12-23-11-3-6-19(23)25/h1-2,4-5,7-10H,3,6,11-13H2,(H2,21,24)(H,22,26). The molecule has 0 atom stereocenters. The molecule has 3 amide bonds. The Morgan fingerprint density at radius 3 is 2.52 bits per heavy atom. The smallest absolute Gasteiger partial charge is 0.255 e. The molecule has 1 aliphatic rings. The Hall–Kier alpha value is -2.80. The van der Waals surface area contributed by atoms with Crippen LogP contribution in [0.4, 0.5) is 5.69 Å². The van der Waals surface area contributed by atoms with E-state index in [0.29, 0.717) is 24.2 Å². The van der Waals surface area contributed by atoms with Gasteiger partial charge in [-0.3, -0.25) is 14.4 Å². The molecule has 2 aromatic carbocycles. The van der Waals surface area contributed by atoms with Gasteiger partial charge in [0.25, 0.3) is 5.91 Å². The van der Waals surface area contributed by atoms with E-state index in [9.17, 15) is 14.4 Å². The van der Waals surface area contributed by atoms with Gasteiger partial charge in [-0.1, -0.05) is 24.3 Å². The summed E-state index contributed by atoms with van der Waals surface area (Å²) in [5.74, 6) is -0.308. The van der Waals surface area contributed by atoms with E-state index in [1.165, 1.54) is 11.8 Å². The van der Waals surface area contributed by atoms with Crippen molar-refractivity contribution in [1.29, 1.82) is 0 Å². The van der Waals surface area contributed by atoms with Gasteiger partial charge in [0.05, 0.1) is 11.4 Å². The van der Waals surface area contributed by atoms with Crippen molar-refractivity contribution in [2.45, 2.75) is 24.3 Å². The summed E-state index contributed by atoms with van der Waals surface area (Å²) in [4.78, 5) is 37.9. The quantitative estimate of drug-likeness (QED) is 0.719. The molecule has 1 saturated heterocycles. The number of hydrogen-bond acceptors (Lipinski definition) is 4. The number of amides is 3. The second-order valence-electron chi connectivity index (χ2n) is 6.32. The highest BCUT2D eigenvalue weighted by Gasteiger charge is 2.20. The van der Waals surface area contributed by atoms with Crippen LogP contribution in [0.3, 0.4) is 0 Å². The van der Waals surface area contributed by atoms with Gasteiger partial charge in [-0.05, 0) is 36.2 Å². The van der Waals surface area contributed by atoms with Crippen LogP contribution in [-0.2, 0) is 16.1 Å². The molecule has 0 aromatic heterocycles. The highest BCUT2D eigenvalue weighted by molar-refractivity contribution is 8.00. The van der Waals surface area contributed by atoms with Crippen LogP contribution in [0.2, 0.25) is 0 Å². The number of primary amides is 1. The Balaban J connectivity index is 1.64. The van der Waals surface area contributed by atoms with Crippen LogP contribution in [0.5, 0.6) is 0 Å². The van der Waals surface area contributed by atoms with Crippen LogP contribution in [0, 0.1) is 0 Å². The van der Waals surface area contributed by atoms with Crippen LogP contribution in [-0.4, -0.2) is 34.9 Å². The summed E-state index contributed by atoms with van der Waals surface area (Å²) in [6.45, 7) is 1.37. The number of likely N-dealkylation sites (tertiary alicyclic amines) is 1. The maximum absolute atomic E-state index is 12.5. The highest BCUT2D eigenvalue weighted by atomic mass is 32.2. The lowest BCUT2D eigenvalue weighted by molar-refractivity contribution is -0.128. The largest absolute Gasteiger partial charge is 0.369 e. The molecule has 0 bridgehead atoms. The average Bonchev–Trinajstić information content (AvgIpc) is 3.06. The molecule has 7 heteroatoms. The molecule has 3 rings (SSSR count). The summed E-state index contributed by atoms with van der Waals surface area (Å²) < 4.78 is 0. The second kappa shape index (κ2) is 8.73. The number of carbonyl (C=O) groups excluding carboxylic acids is 3. The van der Waals surface area contributed by atoms with Gasteiger partial charge < -0.3 is 16.0 Å². The van der Waals surface area contributed by atoms with Crippen LogP contribution in [0.25, 0.3) is 0 Å². The fourth-order valence-electron chi connectivity index (χ4n) is 2.89. The fraction of sp³-hybridized carbons (Fsp3) is 0.250. The molecule has 6 nitrogen and oxygen atoms in total. The van der Waals surface area contributed by atoms with Crippen molar-refractivity contribution in [3.8, 4) is 0 Å². The Morgan fingerprint density at radius 1 is 1.11 bits per heavy atom. The number of rotatable bonds is 7. The Bertz CT molecular complexity index is 852. The van der Waals surface area contributed by atoms with E-state index in [1.807, 2.05) is 35.2 Å². The summed E-state index contributed by atoms with van der Waals surface area (Å²) in [5.41, 5.74) is 7.36. The topological polar surface area (TPSA) is 92.5 Å². The van der Waals surface area contributed by atoms with Gasteiger partial charge in [0.1, 0.15) is 0 Å². The molecule has 3 N–H and O–H groups in total. The molecule has 2 aromatic rings. The van der Waals surface area contributed by atoms with Crippen LogP contribution in [0.15, 0.2) is 53.4 Å². The van der Waals surface area contributed by atoms with E-state index in [0.717, 1.165) is 23.4 Å². The predicted octanol–water partition coefficient (Wildman–Crippen LogP) is 2.64. The van der Waals surface area contributed by atoms with Crippen molar-refractivity contribution in [1.82, 2.24) is 4.90 Å². The number of thioether (sulfide) groups is 1. The molecule has 1 fully saturated rings. The zero-order valence-electron chi connectivity index (χ0n) is 14.8. The Kier molecular flexibility index (Phi) is 6.13. The molecule has 0 radical (unpaired) electrons. The van der Waals surface area contributed by atoms with E-state index in [-0.39, 0.29) is 17.6 Å². The minimum absolute atomic E-state index is 0.150. The van der Waals surface area contributed by atoms with Gasteiger partial charge in [-0.15, -0.1) is 11.8 Å². The Labute approximate surface area is 162 Å². The molecule has 1 heterocycles. The molecular formula is C20H21N3O3S. The molecular weight excluding hydrogens is 362 g/mol. The number of benzene rings is 2. The molecule has 140 valence electrons. The third kappa shape index (κ3) is 5.10. The number of carbonyl (C=O) groups is 3. The maximum atomic E-state index is 12.5. The van der Waals surface area contributed by atoms with Crippen LogP contribution < -0.4 is 11.1 Å². The number of nitrogens with two attached hydrogens (primary N) is 1. The zero-order valence-corrected chi connectivity index (χ0v) is 15.6. The number of nitrogens with one attached hydrogen (secondary N) is 1. The first-order chi connectivity index (χ1) is 13.0. The van der Waals surface area contributed by atoms with Gasteiger partial charge in [0, 0.05) is 30.0 Å². The van der Waals surface area contributed by atoms with E-state index in [2.05, 4.69) is 5.32 Å². The molecule has 0 spiro atoms. The zero-order chi connectivity index (χ0) is 19.2. The first-order valence-corrected chi connectivity index (χ1v) is 9.69. The molecule has 27 heavy (non-hydrogen) atoms. The third-order valence-electron chi connectivity index (χ3n) is 4.27. The highest BCUT2D eigenvalue weighted by Crippen LogP contribution is 2.27. The molecule has 0 saturated carbocycles. The molecule has 1 aliphatic heterocycles. The number of hydrogen-bond donors (Lipinski definition) is 2. The predicted molar refractivity (Wildman–Crippen MR) is 105 cm³/mol. The summed E-state index contributed by atoms with van der Waals surface area (Å²) in [5, 5.41) is 2.87. The number of nitrogens with zero attached hydrogens (tertiary/aromatic N) is 1. The SMILES string of the molecule is NC(=O)CSc1ccccc1NC(=O)c1ccc(CN2CCCC2=O)cc1. The summed E-state index contributed by atoms with van der Waals surface area (Å²) in [7, 11) is 0. The lowest BCUT2D eigenvalue weighted by Crippen LogP contribution is -2.23. The van der Waals surface area contributed by atoms with Crippen molar-refractivity contribution >= 4 is 35.2 Å².